The molecule has 0 aliphatic carbocycles. The van der Waals surface area contributed by atoms with Crippen molar-refractivity contribution in [2.24, 2.45) is 0 Å². The van der Waals surface area contributed by atoms with Crippen LogP contribution < -0.4 is 5.32 Å². The van der Waals surface area contributed by atoms with E-state index in [-0.39, 0.29) is 5.91 Å². The molecule has 0 atom stereocenters. The number of rotatable bonds is 5. The number of anilines is 1. The van der Waals surface area contributed by atoms with E-state index in [4.69, 9.17) is 0 Å². The minimum atomic E-state index is -0.0600. The zero-order valence-electron chi connectivity index (χ0n) is 14.6. The van der Waals surface area contributed by atoms with Gasteiger partial charge in [-0.25, -0.2) is 4.98 Å². The van der Waals surface area contributed by atoms with Gasteiger partial charge in [0.1, 0.15) is 4.88 Å². The predicted molar refractivity (Wildman–Crippen MR) is 99.8 cm³/mol. The van der Waals surface area contributed by atoms with E-state index in [1.807, 2.05) is 19.1 Å². The Labute approximate surface area is 147 Å². The molecule has 0 radical (unpaired) electrons. The highest BCUT2D eigenvalue weighted by atomic mass is 32.1. The van der Waals surface area contributed by atoms with Gasteiger partial charge in [-0.3, -0.25) is 9.69 Å². The standard InChI is InChI=1S/C19H25N3OS/c1-13(2)19-20-14(3)17(24-19)18(23)21-16-8-6-7-15(11-16)12-22-9-4-5-10-22/h6-8,11,13H,4-5,9-10,12H2,1-3H3,(H,21,23). The maximum atomic E-state index is 12.6. The lowest BCUT2D eigenvalue weighted by Crippen LogP contribution is -2.18. The van der Waals surface area contributed by atoms with Crippen molar-refractivity contribution in [2.45, 2.75) is 46.1 Å². The van der Waals surface area contributed by atoms with E-state index < -0.39 is 0 Å². The Morgan fingerprint density at radius 3 is 2.75 bits per heavy atom. The summed E-state index contributed by atoms with van der Waals surface area (Å²) in [6, 6.07) is 8.17. The van der Waals surface area contributed by atoms with Crippen LogP contribution >= 0.6 is 11.3 Å². The van der Waals surface area contributed by atoms with Crippen LogP contribution in [0.2, 0.25) is 0 Å². The number of amides is 1. The van der Waals surface area contributed by atoms with Gasteiger partial charge in [0.2, 0.25) is 0 Å². The summed E-state index contributed by atoms with van der Waals surface area (Å²) in [7, 11) is 0. The fourth-order valence-corrected chi connectivity index (χ4v) is 3.97. The summed E-state index contributed by atoms with van der Waals surface area (Å²) in [4.78, 5) is 20.3. The maximum Gasteiger partial charge on any atom is 0.267 e. The average Bonchev–Trinajstić information content (AvgIpc) is 3.17. The number of nitrogens with zero attached hydrogens (tertiary/aromatic N) is 2. The van der Waals surface area contributed by atoms with Crippen molar-refractivity contribution in [2.75, 3.05) is 18.4 Å². The second-order valence-corrected chi connectivity index (χ2v) is 7.79. The Morgan fingerprint density at radius 1 is 1.33 bits per heavy atom. The van der Waals surface area contributed by atoms with E-state index in [0.29, 0.717) is 10.8 Å². The Kier molecular flexibility index (Phi) is 5.31. The first-order valence-electron chi connectivity index (χ1n) is 8.63. The molecular formula is C19H25N3OS. The number of carbonyl (C=O) groups is 1. The van der Waals surface area contributed by atoms with Crippen LogP contribution in [0.5, 0.6) is 0 Å². The third-order valence-corrected chi connectivity index (χ3v) is 5.76. The molecule has 3 rings (SSSR count). The summed E-state index contributed by atoms with van der Waals surface area (Å²) in [6.45, 7) is 9.41. The van der Waals surface area contributed by atoms with Gasteiger partial charge in [-0.15, -0.1) is 11.3 Å². The number of nitrogens with one attached hydrogen (secondary N) is 1. The largest absolute Gasteiger partial charge is 0.321 e. The van der Waals surface area contributed by atoms with Crippen LogP contribution in [0.15, 0.2) is 24.3 Å². The van der Waals surface area contributed by atoms with Crippen LogP contribution in [0.1, 0.15) is 58.5 Å². The number of thiazole rings is 1. The molecule has 1 aromatic carbocycles. The lowest BCUT2D eigenvalue weighted by atomic mass is 10.2. The van der Waals surface area contributed by atoms with Gasteiger partial charge in [0.05, 0.1) is 10.7 Å². The highest BCUT2D eigenvalue weighted by Gasteiger charge is 2.17. The molecule has 1 saturated heterocycles. The maximum absolute atomic E-state index is 12.6. The molecule has 5 heteroatoms. The number of aryl methyl sites for hydroxylation is 1. The molecule has 1 aromatic heterocycles. The Balaban J connectivity index is 1.70. The predicted octanol–water partition coefficient (Wildman–Crippen LogP) is 4.42. The third-order valence-electron chi connectivity index (χ3n) is 4.30. The lowest BCUT2D eigenvalue weighted by molar-refractivity contribution is 0.103. The van der Waals surface area contributed by atoms with Crippen LogP contribution in [-0.4, -0.2) is 28.9 Å². The number of carbonyl (C=O) groups excluding carboxylic acids is 1. The molecule has 1 aliphatic rings. The van der Waals surface area contributed by atoms with Crippen LogP contribution in [0.4, 0.5) is 5.69 Å². The third kappa shape index (κ3) is 4.02. The molecule has 24 heavy (non-hydrogen) atoms. The molecule has 4 nitrogen and oxygen atoms in total. The van der Waals surface area contributed by atoms with Gasteiger partial charge >= 0.3 is 0 Å². The van der Waals surface area contributed by atoms with Gasteiger partial charge in [0.25, 0.3) is 5.91 Å². The Morgan fingerprint density at radius 2 is 2.08 bits per heavy atom. The summed E-state index contributed by atoms with van der Waals surface area (Å²) >= 11 is 1.49. The molecule has 1 N–H and O–H groups in total. The second-order valence-electron chi connectivity index (χ2n) is 6.76. The van der Waals surface area contributed by atoms with Crippen molar-refractivity contribution < 1.29 is 4.79 Å². The van der Waals surface area contributed by atoms with Crippen molar-refractivity contribution in [1.82, 2.24) is 9.88 Å². The molecule has 1 fully saturated rings. The molecule has 1 aliphatic heterocycles. The summed E-state index contributed by atoms with van der Waals surface area (Å²) < 4.78 is 0. The van der Waals surface area contributed by atoms with Crippen molar-refractivity contribution in [1.29, 1.82) is 0 Å². The fourth-order valence-electron chi connectivity index (χ4n) is 3.01. The number of hydrogen-bond donors (Lipinski definition) is 1. The quantitative estimate of drug-likeness (QED) is 0.874. The van der Waals surface area contributed by atoms with Gasteiger partial charge in [-0.1, -0.05) is 26.0 Å². The van der Waals surface area contributed by atoms with E-state index in [0.717, 1.165) is 22.9 Å². The Hall–Kier alpha value is -1.72. The SMILES string of the molecule is Cc1nc(C(C)C)sc1C(=O)Nc1cccc(CN2CCCC2)c1. The van der Waals surface area contributed by atoms with Gasteiger partial charge in [0, 0.05) is 18.2 Å². The molecule has 1 amide bonds. The van der Waals surface area contributed by atoms with E-state index in [1.54, 1.807) is 0 Å². The number of hydrogen-bond acceptors (Lipinski definition) is 4. The minimum absolute atomic E-state index is 0.0600. The van der Waals surface area contributed by atoms with Crippen molar-refractivity contribution >= 4 is 22.9 Å². The number of likely N-dealkylation sites (tertiary alicyclic amines) is 1. The molecular weight excluding hydrogens is 318 g/mol. The van der Waals surface area contributed by atoms with Gasteiger partial charge in [0.15, 0.2) is 0 Å². The van der Waals surface area contributed by atoms with Crippen LogP contribution in [0.25, 0.3) is 0 Å². The first-order valence-corrected chi connectivity index (χ1v) is 9.44. The van der Waals surface area contributed by atoms with Crippen molar-refractivity contribution in [3.8, 4) is 0 Å². The first kappa shape index (κ1) is 17.1. The van der Waals surface area contributed by atoms with Gasteiger partial charge in [-0.2, -0.15) is 0 Å². The Bertz CT molecular complexity index is 717. The van der Waals surface area contributed by atoms with Crippen LogP contribution in [0.3, 0.4) is 0 Å². The van der Waals surface area contributed by atoms with Crippen molar-refractivity contribution in [3.63, 3.8) is 0 Å². The molecule has 2 aromatic rings. The first-order chi connectivity index (χ1) is 11.5. The zero-order chi connectivity index (χ0) is 17.1. The normalized spacial score (nSPS) is 15.2. The smallest absolute Gasteiger partial charge is 0.267 e. The number of benzene rings is 1. The molecule has 2 heterocycles. The monoisotopic (exact) mass is 343 g/mol. The molecule has 0 saturated carbocycles. The van der Waals surface area contributed by atoms with Crippen LogP contribution in [0, 0.1) is 6.92 Å². The van der Waals surface area contributed by atoms with Gasteiger partial charge in [-0.05, 0) is 50.6 Å². The van der Waals surface area contributed by atoms with Crippen molar-refractivity contribution in [3.05, 3.63) is 45.4 Å². The summed E-state index contributed by atoms with van der Waals surface area (Å²) in [5, 5.41) is 4.04. The minimum Gasteiger partial charge on any atom is -0.321 e. The highest BCUT2D eigenvalue weighted by Crippen LogP contribution is 2.25. The second kappa shape index (κ2) is 7.45. The van der Waals surface area contributed by atoms with E-state index >= 15 is 0 Å². The van der Waals surface area contributed by atoms with E-state index in [9.17, 15) is 4.79 Å². The molecule has 0 bridgehead atoms. The average molecular weight is 343 g/mol. The molecule has 0 spiro atoms. The highest BCUT2D eigenvalue weighted by molar-refractivity contribution is 7.14. The number of aromatic nitrogens is 1. The zero-order valence-corrected chi connectivity index (χ0v) is 15.4. The van der Waals surface area contributed by atoms with E-state index in [2.05, 4.69) is 41.2 Å². The topological polar surface area (TPSA) is 45.2 Å². The lowest BCUT2D eigenvalue weighted by Gasteiger charge is -2.15. The van der Waals surface area contributed by atoms with E-state index in [1.165, 1.54) is 42.8 Å². The molecule has 0 unspecified atom stereocenters. The summed E-state index contributed by atoms with van der Waals surface area (Å²) in [5.41, 5.74) is 2.92. The summed E-state index contributed by atoms with van der Waals surface area (Å²) in [6.07, 6.45) is 2.58. The van der Waals surface area contributed by atoms with Crippen LogP contribution in [-0.2, 0) is 6.54 Å². The van der Waals surface area contributed by atoms with Gasteiger partial charge < -0.3 is 5.32 Å². The fraction of sp³-hybridized carbons (Fsp3) is 0.474. The molecule has 128 valence electrons. The summed E-state index contributed by atoms with van der Waals surface area (Å²) in [5.74, 6) is 0.286.